The molecular formula is C12H13Cl2FO4S. The maximum atomic E-state index is 14.0. The van der Waals surface area contributed by atoms with E-state index < -0.39 is 31.3 Å². The van der Waals surface area contributed by atoms with E-state index in [2.05, 4.69) is 0 Å². The van der Waals surface area contributed by atoms with Crippen molar-refractivity contribution in [2.24, 2.45) is 5.92 Å². The minimum atomic E-state index is -4.34. The van der Waals surface area contributed by atoms with Gasteiger partial charge < -0.3 is 4.74 Å². The summed E-state index contributed by atoms with van der Waals surface area (Å²) in [6, 6.07) is 1.84. The van der Waals surface area contributed by atoms with Crippen molar-refractivity contribution < 1.29 is 22.3 Å². The maximum absolute atomic E-state index is 14.0. The van der Waals surface area contributed by atoms with Gasteiger partial charge in [-0.3, -0.25) is 0 Å². The molecule has 0 atom stereocenters. The summed E-state index contributed by atoms with van der Waals surface area (Å²) >= 11 is 5.66. The van der Waals surface area contributed by atoms with Crippen molar-refractivity contribution in [3.63, 3.8) is 0 Å². The van der Waals surface area contributed by atoms with Gasteiger partial charge in [0.15, 0.2) is 5.82 Å². The Bertz CT molecular complexity index is 614. The molecular weight excluding hydrogens is 330 g/mol. The number of carbonyl (C=O) groups excluding carboxylic acids is 1. The summed E-state index contributed by atoms with van der Waals surface area (Å²) in [6.07, 6.45) is 0.606. The van der Waals surface area contributed by atoms with Crippen molar-refractivity contribution >= 4 is 37.3 Å². The van der Waals surface area contributed by atoms with E-state index in [1.165, 1.54) is 0 Å². The maximum Gasteiger partial charge on any atom is 0.341 e. The predicted molar refractivity (Wildman–Crippen MR) is 74.2 cm³/mol. The summed E-state index contributed by atoms with van der Waals surface area (Å²) in [5.41, 5.74) is -0.555. The van der Waals surface area contributed by atoms with Crippen molar-refractivity contribution in [1.29, 1.82) is 0 Å². The van der Waals surface area contributed by atoms with Crippen molar-refractivity contribution in [3.8, 4) is 0 Å². The van der Waals surface area contributed by atoms with Gasteiger partial charge in [0.2, 0.25) is 0 Å². The average Bonchev–Trinajstić information content (AvgIpc) is 2.29. The second kappa shape index (κ2) is 6.74. The summed E-state index contributed by atoms with van der Waals surface area (Å²) in [7, 11) is 0.739. The highest BCUT2D eigenvalue weighted by molar-refractivity contribution is 8.13. The molecule has 8 heteroatoms. The highest BCUT2D eigenvalue weighted by atomic mass is 35.7. The first-order valence-electron chi connectivity index (χ1n) is 5.73. The van der Waals surface area contributed by atoms with E-state index in [-0.39, 0.29) is 11.6 Å². The number of benzene rings is 1. The molecule has 0 fully saturated rings. The molecule has 20 heavy (non-hydrogen) atoms. The second-order valence-corrected chi connectivity index (χ2v) is 7.49. The fourth-order valence-corrected chi connectivity index (χ4v) is 2.57. The van der Waals surface area contributed by atoms with Crippen LogP contribution in [0.1, 0.15) is 30.6 Å². The fourth-order valence-electron chi connectivity index (χ4n) is 1.36. The van der Waals surface area contributed by atoms with Crippen LogP contribution in [-0.4, -0.2) is 21.0 Å². The SMILES string of the molecule is CC(C)CCOC(=O)c1cc(Cl)cc(S(=O)(=O)Cl)c1F. The summed E-state index contributed by atoms with van der Waals surface area (Å²) in [6.45, 7) is 3.98. The number of esters is 1. The quantitative estimate of drug-likeness (QED) is 0.605. The van der Waals surface area contributed by atoms with Gasteiger partial charge in [-0.15, -0.1) is 0 Å². The molecule has 4 nitrogen and oxygen atoms in total. The van der Waals surface area contributed by atoms with Gasteiger partial charge in [-0.1, -0.05) is 25.4 Å². The van der Waals surface area contributed by atoms with Crippen LogP contribution in [0.4, 0.5) is 4.39 Å². The molecule has 112 valence electrons. The summed E-state index contributed by atoms with van der Waals surface area (Å²) < 4.78 is 41.2. The Balaban J connectivity index is 3.07. The molecule has 0 radical (unpaired) electrons. The Morgan fingerprint density at radius 2 is 2.00 bits per heavy atom. The first-order valence-corrected chi connectivity index (χ1v) is 8.42. The Labute approximate surface area is 126 Å². The number of ether oxygens (including phenoxy) is 1. The first-order chi connectivity index (χ1) is 9.12. The lowest BCUT2D eigenvalue weighted by atomic mass is 10.1. The largest absolute Gasteiger partial charge is 0.462 e. The number of rotatable bonds is 5. The van der Waals surface area contributed by atoms with Crippen LogP contribution in [-0.2, 0) is 13.8 Å². The van der Waals surface area contributed by atoms with Crippen molar-refractivity contribution in [1.82, 2.24) is 0 Å². The summed E-state index contributed by atoms with van der Waals surface area (Å²) in [5, 5.41) is -0.124. The van der Waals surface area contributed by atoms with Crippen LogP contribution in [0.15, 0.2) is 17.0 Å². The van der Waals surface area contributed by atoms with Gasteiger partial charge in [0, 0.05) is 15.7 Å². The van der Waals surface area contributed by atoms with E-state index in [9.17, 15) is 17.6 Å². The molecule has 0 aromatic heterocycles. The molecule has 0 aliphatic rings. The zero-order chi connectivity index (χ0) is 15.5. The summed E-state index contributed by atoms with van der Waals surface area (Å²) in [4.78, 5) is 10.9. The molecule has 0 bridgehead atoms. The third-order valence-corrected chi connectivity index (χ3v) is 3.95. The second-order valence-electron chi connectivity index (χ2n) is 4.52. The van der Waals surface area contributed by atoms with Crippen LogP contribution in [0.5, 0.6) is 0 Å². The van der Waals surface area contributed by atoms with Crippen LogP contribution in [0, 0.1) is 11.7 Å². The van der Waals surface area contributed by atoms with Gasteiger partial charge in [0.25, 0.3) is 9.05 Å². The summed E-state index contributed by atoms with van der Waals surface area (Å²) in [5.74, 6) is -1.93. The van der Waals surface area contributed by atoms with Gasteiger partial charge in [0.1, 0.15) is 4.90 Å². The third kappa shape index (κ3) is 4.61. The van der Waals surface area contributed by atoms with E-state index in [1.54, 1.807) is 0 Å². The van der Waals surface area contributed by atoms with Gasteiger partial charge in [-0.2, -0.15) is 0 Å². The highest BCUT2D eigenvalue weighted by Gasteiger charge is 2.24. The number of hydrogen-bond acceptors (Lipinski definition) is 4. The first kappa shape index (κ1) is 17.2. The van der Waals surface area contributed by atoms with Crippen LogP contribution in [0.2, 0.25) is 5.02 Å². The molecule has 1 rings (SSSR count). The van der Waals surface area contributed by atoms with E-state index in [1.807, 2.05) is 13.8 Å². The van der Waals surface area contributed by atoms with Crippen LogP contribution in [0.25, 0.3) is 0 Å². The lowest BCUT2D eigenvalue weighted by Crippen LogP contribution is -2.12. The van der Waals surface area contributed by atoms with Crippen molar-refractivity contribution in [2.45, 2.75) is 25.2 Å². The van der Waals surface area contributed by atoms with Gasteiger partial charge in [-0.25, -0.2) is 17.6 Å². The molecule has 0 aliphatic heterocycles. The molecule has 0 saturated heterocycles. The van der Waals surface area contributed by atoms with Crippen LogP contribution < -0.4 is 0 Å². The Kier molecular flexibility index (Phi) is 5.79. The van der Waals surface area contributed by atoms with Crippen molar-refractivity contribution in [2.75, 3.05) is 6.61 Å². The normalized spacial score (nSPS) is 11.7. The van der Waals surface area contributed by atoms with Gasteiger partial charge >= 0.3 is 5.97 Å². The van der Waals surface area contributed by atoms with E-state index >= 15 is 0 Å². The van der Waals surface area contributed by atoms with Gasteiger partial charge in [-0.05, 0) is 24.5 Å². The minimum Gasteiger partial charge on any atom is -0.462 e. The molecule has 0 N–H and O–H groups in total. The Hall–Kier alpha value is -0.850. The predicted octanol–water partition coefficient (Wildman–Crippen LogP) is 3.61. The molecule has 0 amide bonds. The topological polar surface area (TPSA) is 60.4 Å². The Morgan fingerprint density at radius 1 is 1.40 bits per heavy atom. The number of halogens is 3. The minimum absolute atomic E-state index is 0.103. The Morgan fingerprint density at radius 3 is 2.50 bits per heavy atom. The smallest absolute Gasteiger partial charge is 0.341 e. The molecule has 0 heterocycles. The monoisotopic (exact) mass is 342 g/mol. The highest BCUT2D eigenvalue weighted by Crippen LogP contribution is 2.26. The molecule has 1 aromatic rings. The zero-order valence-electron chi connectivity index (χ0n) is 10.8. The lowest BCUT2D eigenvalue weighted by molar-refractivity contribution is 0.0482. The molecule has 1 aromatic carbocycles. The molecule has 0 aliphatic carbocycles. The van der Waals surface area contributed by atoms with Crippen LogP contribution >= 0.6 is 22.3 Å². The average molecular weight is 343 g/mol. The van der Waals surface area contributed by atoms with E-state index in [0.29, 0.717) is 12.3 Å². The molecule has 0 unspecified atom stereocenters. The number of carbonyl (C=O) groups is 1. The van der Waals surface area contributed by atoms with Crippen LogP contribution in [0.3, 0.4) is 0 Å². The molecule has 0 spiro atoms. The zero-order valence-corrected chi connectivity index (χ0v) is 13.1. The third-order valence-electron chi connectivity index (χ3n) is 2.41. The lowest BCUT2D eigenvalue weighted by Gasteiger charge is -2.09. The standard InChI is InChI=1S/C12H13Cl2FO4S/c1-7(2)3-4-19-12(16)9-5-8(13)6-10(11(9)15)20(14,17)18/h5-7H,3-4H2,1-2H3. The van der Waals surface area contributed by atoms with E-state index in [4.69, 9.17) is 27.0 Å². The fraction of sp³-hybridized carbons (Fsp3) is 0.417. The number of hydrogen-bond donors (Lipinski definition) is 0. The van der Waals surface area contributed by atoms with Crippen molar-refractivity contribution in [3.05, 3.63) is 28.5 Å². The molecule has 0 saturated carbocycles. The van der Waals surface area contributed by atoms with Gasteiger partial charge in [0.05, 0.1) is 12.2 Å². The van der Waals surface area contributed by atoms with E-state index in [0.717, 1.165) is 12.1 Å².